The lowest BCUT2D eigenvalue weighted by Gasteiger charge is -2.05. The van der Waals surface area contributed by atoms with Crippen LogP contribution in [0.1, 0.15) is 28.2 Å². The van der Waals surface area contributed by atoms with Crippen molar-refractivity contribution in [2.45, 2.75) is 13.3 Å². The molecular formula is C17H13F3N4O. The SMILES string of the molecule is Cc1nc(NC(=O)c2ccc(C(F)F)c(F)c2)nn1-c1ccccc1. The van der Waals surface area contributed by atoms with Crippen molar-refractivity contribution >= 4 is 11.9 Å². The summed E-state index contributed by atoms with van der Waals surface area (Å²) in [7, 11) is 0. The Morgan fingerprint density at radius 2 is 1.88 bits per heavy atom. The molecule has 0 aliphatic rings. The normalized spacial score (nSPS) is 10.9. The molecule has 0 spiro atoms. The van der Waals surface area contributed by atoms with E-state index in [0.29, 0.717) is 5.82 Å². The molecule has 0 unspecified atom stereocenters. The van der Waals surface area contributed by atoms with Crippen LogP contribution >= 0.6 is 0 Å². The summed E-state index contributed by atoms with van der Waals surface area (Å²) in [6.45, 7) is 1.72. The van der Waals surface area contributed by atoms with E-state index in [0.717, 1.165) is 23.9 Å². The first-order valence-corrected chi connectivity index (χ1v) is 7.33. The summed E-state index contributed by atoms with van der Waals surface area (Å²) in [5, 5.41) is 6.60. The van der Waals surface area contributed by atoms with E-state index in [2.05, 4.69) is 15.4 Å². The zero-order valence-electron chi connectivity index (χ0n) is 13.1. The van der Waals surface area contributed by atoms with Gasteiger partial charge in [-0.2, -0.15) is 4.98 Å². The van der Waals surface area contributed by atoms with Gasteiger partial charge in [-0.1, -0.05) is 18.2 Å². The van der Waals surface area contributed by atoms with Gasteiger partial charge in [0.15, 0.2) is 0 Å². The topological polar surface area (TPSA) is 59.8 Å². The second kappa shape index (κ2) is 6.76. The molecule has 1 amide bonds. The Morgan fingerprint density at radius 1 is 1.16 bits per heavy atom. The van der Waals surface area contributed by atoms with Gasteiger partial charge in [0.2, 0.25) is 5.95 Å². The van der Waals surface area contributed by atoms with Crippen molar-refractivity contribution in [1.82, 2.24) is 14.8 Å². The molecule has 0 fully saturated rings. The number of amides is 1. The van der Waals surface area contributed by atoms with Crippen molar-refractivity contribution in [2.75, 3.05) is 5.32 Å². The number of hydrogen-bond acceptors (Lipinski definition) is 3. The Balaban J connectivity index is 1.81. The van der Waals surface area contributed by atoms with Crippen LogP contribution in [0.3, 0.4) is 0 Å². The van der Waals surface area contributed by atoms with E-state index in [-0.39, 0.29) is 11.5 Å². The van der Waals surface area contributed by atoms with Gasteiger partial charge in [0.1, 0.15) is 11.6 Å². The quantitative estimate of drug-likeness (QED) is 0.779. The summed E-state index contributed by atoms with van der Waals surface area (Å²) in [4.78, 5) is 16.3. The summed E-state index contributed by atoms with van der Waals surface area (Å²) in [6.07, 6.45) is -2.94. The number of benzene rings is 2. The molecule has 3 rings (SSSR count). The number of nitrogens with one attached hydrogen (secondary N) is 1. The molecule has 25 heavy (non-hydrogen) atoms. The van der Waals surface area contributed by atoms with Crippen LogP contribution in [0.4, 0.5) is 19.1 Å². The fraction of sp³-hybridized carbons (Fsp3) is 0.118. The number of aromatic nitrogens is 3. The first-order valence-electron chi connectivity index (χ1n) is 7.33. The van der Waals surface area contributed by atoms with Crippen molar-refractivity contribution < 1.29 is 18.0 Å². The van der Waals surface area contributed by atoms with E-state index in [9.17, 15) is 18.0 Å². The molecule has 0 bridgehead atoms. The standard InChI is InChI=1S/C17H13F3N4O/c1-10-21-17(23-24(10)12-5-3-2-4-6-12)22-16(25)11-7-8-13(15(19)20)14(18)9-11/h2-9,15H,1H3,(H,22,23,25). The number of anilines is 1. The monoisotopic (exact) mass is 346 g/mol. The maximum absolute atomic E-state index is 13.6. The molecule has 0 atom stereocenters. The third-order valence-corrected chi connectivity index (χ3v) is 3.49. The van der Waals surface area contributed by atoms with Gasteiger partial charge in [-0.3, -0.25) is 10.1 Å². The maximum Gasteiger partial charge on any atom is 0.266 e. The number of carbonyl (C=O) groups is 1. The van der Waals surface area contributed by atoms with E-state index < -0.39 is 23.7 Å². The molecule has 0 radical (unpaired) electrons. The minimum atomic E-state index is -2.94. The van der Waals surface area contributed by atoms with Crippen molar-refractivity contribution in [3.05, 3.63) is 71.3 Å². The van der Waals surface area contributed by atoms with E-state index in [1.54, 1.807) is 6.92 Å². The van der Waals surface area contributed by atoms with Crippen molar-refractivity contribution in [2.24, 2.45) is 0 Å². The number of hydrogen-bond donors (Lipinski definition) is 1. The van der Waals surface area contributed by atoms with Crippen molar-refractivity contribution in [1.29, 1.82) is 0 Å². The second-order valence-electron chi connectivity index (χ2n) is 5.22. The number of alkyl halides is 2. The molecule has 5 nitrogen and oxygen atoms in total. The van der Waals surface area contributed by atoms with Gasteiger partial charge in [0, 0.05) is 5.56 Å². The Kier molecular flexibility index (Phi) is 4.51. The Labute approximate surface area is 141 Å². The van der Waals surface area contributed by atoms with E-state index in [4.69, 9.17) is 0 Å². The first-order chi connectivity index (χ1) is 12.0. The zero-order chi connectivity index (χ0) is 18.0. The number of nitrogens with zero attached hydrogens (tertiary/aromatic N) is 3. The Morgan fingerprint density at radius 3 is 2.52 bits per heavy atom. The van der Waals surface area contributed by atoms with Gasteiger partial charge < -0.3 is 0 Å². The number of para-hydroxylation sites is 1. The van der Waals surface area contributed by atoms with Gasteiger partial charge in [0.25, 0.3) is 12.3 Å². The largest absolute Gasteiger partial charge is 0.289 e. The molecule has 1 N–H and O–H groups in total. The Bertz CT molecular complexity index is 910. The van der Waals surface area contributed by atoms with E-state index in [1.807, 2.05) is 30.3 Å². The van der Waals surface area contributed by atoms with Gasteiger partial charge in [-0.15, -0.1) is 5.10 Å². The predicted molar refractivity (Wildman–Crippen MR) is 85.4 cm³/mol. The van der Waals surface area contributed by atoms with E-state index >= 15 is 0 Å². The zero-order valence-corrected chi connectivity index (χ0v) is 13.1. The molecule has 1 aromatic heterocycles. The minimum absolute atomic E-state index is 0.0321. The lowest BCUT2D eigenvalue weighted by Crippen LogP contribution is -2.14. The summed E-state index contributed by atoms with van der Waals surface area (Å²) >= 11 is 0. The van der Waals surface area contributed by atoms with E-state index in [1.165, 1.54) is 4.68 Å². The average molecular weight is 346 g/mol. The summed E-state index contributed by atoms with van der Waals surface area (Å²) < 4.78 is 40.2. The summed E-state index contributed by atoms with van der Waals surface area (Å²) in [5.41, 5.74) is -0.0881. The Hall–Kier alpha value is -3.16. The maximum atomic E-state index is 13.6. The highest BCUT2D eigenvalue weighted by atomic mass is 19.3. The van der Waals surface area contributed by atoms with Gasteiger partial charge >= 0.3 is 0 Å². The molecule has 8 heteroatoms. The van der Waals surface area contributed by atoms with Crippen LogP contribution in [0.15, 0.2) is 48.5 Å². The molecule has 128 valence electrons. The number of halogens is 3. The van der Waals surface area contributed by atoms with Crippen LogP contribution in [-0.4, -0.2) is 20.7 Å². The van der Waals surface area contributed by atoms with Crippen LogP contribution in [0, 0.1) is 12.7 Å². The van der Waals surface area contributed by atoms with Crippen LogP contribution in [-0.2, 0) is 0 Å². The molecular weight excluding hydrogens is 333 g/mol. The van der Waals surface area contributed by atoms with Crippen LogP contribution in [0.5, 0.6) is 0 Å². The van der Waals surface area contributed by atoms with Crippen LogP contribution in [0.25, 0.3) is 5.69 Å². The summed E-state index contributed by atoms with van der Waals surface area (Å²) in [5.74, 6) is -1.25. The predicted octanol–water partition coefficient (Wildman–Crippen LogP) is 3.90. The number of aryl methyl sites for hydroxylation is 1. The molecule has 0 saturated carbocycles. The fourth-order valence-electron chi connectivity index (χ4n) is 2.28. The minimum Gasteiger partial charge on any atom is -0.289 e. The van der Waals surface area contributed by atoms with Gasteiger partial charge in [-0.05, 0) is 37.3 Å². The van der Waals surface area contributed by atoms with Crippen molar-refractivity contribution in [3.63, 3.8) is 0 Å². The number of carbonyl (C=O) groups excluding carboxylic acids is 1. The molecule has 0 aliphatic carbocycles. The smallest absolute Gasteiger partial charge is 0.266 e. The molecule has 0 saturated heterocycles. The third kappa shape index (κ3) is 3.52. The molecule has 2 aromatic carbocycles. The van der Waals surface area contributed by atoms with Gasteiger partial charge in [-0.25, -0.2) is 17.9 Å². The second-order valence-corrected chi connectivity index (χ2v) is 5.22. The first kappa shape index (κ1) is 16.7. The number of rotatable bonds is 4. The molecule has 1 heterocycles. The van der Waals surface area contributed by atoms with Crippen LogP contribution in [0.2, 0.25) is 0 Å². The summed E-state index contributed by atoms with van der Waals surface area (Å²) in [6, 6.07) is 12.0. The third-order valence-electron chi connectivity index (χ3n) is 3.49. The highest BCUT2D eigenvalue weighted by molar-refractivity contribution is 6.03. The lowest BCUT2D eigenvalue weighted by molar-refractivity contribution is 0.102. The average Bonchev–Trinajstić information content (AvgIpc) is 2.95. The molecule has 3 aromatic rings. The van der Waals surface area contributed by atoms with Gasteiger partial charge in [0.05, 0.1) is 11.3 Å². The van der Waals surface area contributed by atoms with Crippen LogP contribution < -0.4 is 5.32 Å². The molecule has 0 aliphatic heterocycles. The highest BCUT2D eigenvalue weighted by Crippen LogP contribution is 2.23. The van der Waals surface area contributed by atoms with Crippen molar-refractivity contribution in [3.8, 4) is 5.69 Å². The highest BCUT2D eigenvalue weighted by Gasteiger charge is 2.17. The lowest BCUT2D eigenvalue weighted by atomic mass is 10.1. The fourth-order valence-corrected chi connectivity index (χ4v) is 2.28.